The van der Waals surface area contributed by atoms with Crippen LogP contribution in [0.25, 0.3) is 11.3 Å². The van der Waals surface area contributed by atoms with Gasteiger partial charge in [0.1, 0.15) is 0 Å². The van der Waals surface area contributed by atoms with Crippen molar-refractivity contribution in [2.45, 2.75) is 33.2 Å². The summed E-state index contributed by atoms with van der Waals surface area (Å²) < 4.78 is 79.0. The zero-order valence-electron chi connectivity index (χ0n) is 40.2. The number of morpholine rings is 1. The van der Waals surface area contributed by atoms with E-state index in [4.69, 9.17) is 33.2 Å². The number of likely N-dealkylation sites (N-methyl/N-ethyl adjacent to an activating group) is 1. The van der Waals surface area contributed by atoms with E-state index in [-0.39, 0.29) is 24.6 Å². The number of benzene rings is 3. The van der Waals surface area contributed by atoms with E-state index in [1.807, 2.05) is 32.0 Å². The molecule has 0 aliphatic carbocycles. The Morgan fingerprint density at radius 2 is 1.30 bits per heavy atom. The van der Waals surface area contributed by atoms with Crippen LogP contribution < -0.4 is 15.5 Å². The van der Waals surface area contributed by atoms with Crippen LogP contribution >= 0.6 is 0 Å². The van der Waals surface area contributed by atoms with Crippen molar-refractivity contribution < 1.29 is 55.9 Å². The van der Waals surface area contributed by atoms with Crippen molar-refractivity contribution in [2.75, 3.05) is 149 Å². The Bertz CT molecular complexity index is 2120. The maximum absolute atomic E-state index is 13.7. The van der Waals surface area contributed by atoms with Crippen molar-refractivity contribution >= 4 is 23.2 Å². The van der Waals surface area contributed by atoms with Crippen molar-refractivity contribution in [3.8, 4) is 11.3 Å². The first kappa shape index (κ1) is 54.9. The minimum Gasteiger partial charge on any atom is -0.379 e. The minimum atomic E-state index is -4.49. The Morgan fingerprint density at radius 1 is 0.696 bits per heavy atom. The van der Waals surface area contributed by atoms with E-state index < -0.39 is 17.6 Å². The van der Waals surface area contributed by atoms with Gasteiger partial charge >= 0.3 is 6.18 Å². The predicted molar refractivity (Wildman–Crippen MR) is 259 cm³/mol. The number of amides is 2. The summed E-state index contributed by atoms with van der Waals surface area (Å²) in [5.74, 6) is -0.837. The highest BCUT2D eigenvalue weighted by molar-refractivity contribution is 6.06. The minimum absolute atomic E-state index is 0.102. The summed E-state index contributed by atoms with van der Waals surface area (Å²) in [6.45, 7) is 17.6. The van der Waals surface area contributed by atoms with Crippen molar-refractivity contribution in [1.29, 1.82) is 0 Å². The number of anilines is 2. The second-order valence-electron chi connectivity index (χ2n) is 16.2. The van der Waals surface area contributed by atoms with Gasteiger partial charge in [-0.15, -0.1) is 0 Å². The fraction of sp³-hybridized carbons (Fsp3) is 0.510. The molecule has 1 aliphatic rings. The molecule has 1 aromatic heterocycles. The molecule has 0 bridgehead atoms. The number of rotatable bonds is 32. The van der Waals surface area contributed by atoms with Crippen molar-refractivity contribution in [1.82, 2.24) is 20.1 Å². The molecule has 4 aromatic rings. The van der Waals surface area contributed by atoms with E-state index in [9.17, 15) is 22.8 Å². The van der Waals surface area contributed by atoms with E-state index in [1.54, 1.807) is 30.3 Å². The van der Waals surface area contributed by atoms with Gasteiger partial charge in [0.2, 0.25) is 0 Å². The van der Waals surface area contributed by atoms with Crippen LogP contribution in [-0.2, 0) is 52.5 Å². The van der Waals surface area contributed by atoms with E-state index in [2.05, 4.69) is 37.4 Å². The summed E-state index contributed by atoms with van der Waals surface area (Å²) >= 11 is 0. The number of carbonyl (C=O) groups is 2. The van der Waals surface area contributed by atoms with Crippen LogP contribution in [0.2, 0.25) is 0 Å². The van der Waals surface area contributed by atoms with Crippen LogP contribution in [0.3, 0.4) is 0 Å². The first-order valence-corrected chi connectivity index (χ1v) is 23.7. The average Bonchev–Trinajstić information content (AvgIpc) is 3.36. The maximum atomic E-state index is 13.7. The molecule has 18 heteroatoms. The number of halogens is 3. The lowest BCUT2D eigenvalue weighted by atomic mass is 10.0. The summed E-state index contributed by atoms with van der Waals surface area (Å²) in [6, 6.07) is 20.7. The van der Waals surface area contributed by atoms with Crippen LogP contribution in [0, 0.1) is 0 Å². The zero-order chi connectivity index (χ0) is 49.1. The predicted octanol–water partition coefficient (Wildman–Crippen LogP) is 6.66. The standard InChI is InChI=1S/C51H69F3N6O9/c1-4-60(5-2)45-12-13-47(46(37-45)48-36-43(14-15-55-48)49(61)56-38-40-8-7-11-44(35-40)51(52,53)54)57-50(62)42-10-6-9-41(34-42)39-69-33-32-68-31-30-67-29-28-66-27-26-65-25-24-64-21-18-58(3)16-17-59-19-22-63-23-20-59/h6-15,34-37H,4-5,16-33,38-39H2,1-3H3,(H,56,61)(H,57,62). The van der Waals surface area contributed by atoms with Gasteiger partial charge < -0.3 is 53.6 Å². The third-order valence-corrected chi connectivity index (χ3v) is 11.2. The Hall–Kier alpha value is -5.02. The largest absolute Gasteiger partial charge is 0.416 e. The van der Waals surface area contributed by atoms with Gasteiger partial charge in [0.15, 0.2) is 0 Å². The SMILES string of the molecule is CCN(CC)c1ccc(NC(=O)c2cccc(COCCOCCOCCOCCOCCOCCN(C)CCN3CCOCC3)c2)c(-c2cc(C(=O)NCc3cccc(C(F)(F)F)c3)ccn2)c1. The van der Waals surface area contributed by atoms with Crippen LogP contribution in [0.4, 0.5) is 24.5 Å². The van der Waals surface area contributed by atoms with Crippen molar-refractivity contribution in [3.05, 3.63) is 113 Å². The summed E-state index contributed by atoms with van der Waals surface area (Å²) in [5, 5.41) is 5.72. The number of aromatic nitrogens is 1. The Kier molecular flexibility index (Phi) is 24.3. The lowest BCUT2D eigenvalue weighted by molar-refractivity contribution is -0.137. The molecule has 0 atom stereocenters. The molecule has 2 N–H and O–H groups in total. The van der Waals surface area contributed by atoms with Gasteiger partial charge in [0.25, 0.3) is 11.8 Å². The third-order valence-electron chi connectivity index (χ3n) is 11.2. The fourth-order valence-electron chi connectivity index (χ4n) is 7.26. The van der Waals surface area contributed by atoms with Gasteiger partial charge in [-0.3, -0.25) is 19.5 Å². The molecular weight excluding hydrogens is 898 g/mol. The highest BCUT2D eigenvalue weighted by Gasteiger charge is 2.30. The molecule has 0 radical (unpaired) electrons. The molecule has 0 unspecified atom stereocenters. The number of pyridine rings is 1. The molecule has 5 rings (SSSR count). The van der Waals surface area contributed by atoms with Crippen LogP contribution in [0.5, 0.6) is 0 Å². The van der Waals surface area contributed by atoms with Crippen LogP contribution in [0.15, 0.2) is 85.1 Å². The normalized spacial score (nSPS) is 13.2. The number of alkyl halides is 3. The molecule has 2 amide bonds. The van der Waals surface area contributed by atoms with Gasteiger partial charge in [0, 0.05) is 80.9 Å². The molecule has 0 spiro atoms. The topological polar surface area (TPSA) is 145 Å². The number of ether oxygens (including phenoxy) is 7. The van der Waals surface area contributed by atoms with Gasteiger partial charge in [-0.25, -0.2) is 0 Å². The van der Waals surface area contributed by atoms with Gasteiger partial charge in [-0.2, -0.15) is 13.2 Å². The maximum Gasteiger partial charge on any atom is 0.416 e. The summed E-state index contributed by atoms with van der Waals surface area (Å²) in [4.78, 5) is 38.3. The lowest BCUT2D eigenvalue weighted by Gasteiger charge is -2.28. The zero-order valence-corrected chi connectivity index (χ0v) is 40.2. The highest BCUT2D eigenvalue weighted by Crippen LogP contribution is 2.33. The summed E-state index contributed by atoms with van der Waals surface area (Å²) in [6.07, 6.45) is -3.01. The van der Waals surface area contributed by atoms with Crippen molar-refractivity contribution in [2.24, 2.45) is 0 Å². The van der Waals surface area contributed by atoms with Gasteiger partial charge in [-0.05, 0) is 86.6 Å². The average molecular weight is 967 g/mol. The smallest absolute Gasteiger partial charge is 0.379 e. The second kappa shape index (κ2) is 30.6. The van der Waals surface area contributed by atoms with E-state index in [1.165, 1.54) is 24.4 Å². The Balaban J connectivity index is 0.960. The fourth-order valence-corrected chi connectivity index (χ4v) is 7.26. The number of carbonyl (C=O) groups excluding carboxylic acids is 2. The number of nitrogens with zero attached hydrogens (tertiary/aromatic N) is 4. The summed E-state index contributed by atoms with van der Waals surface area (Å²) in [5.41, 5.74) is 3.39. The van der Waals surface area contributed by atoms with Crippen molar-refractivity contribution in [3.63, 3.8) is 0 Å². The molecule has 69 heavy (non-hydrogen) atoms. The molecular formula is C51H69F3N6O9. The van der Waals surface area contributed by atoms with E-state index >= 15 is 0 Å². The molecule has 1 fully saturated rings. The molecule has 1 saturated heterocycles. The first-order valence-electron chi connectivity index (χ1n) is 23.7. The number of nitrogens with one attached hydrogen (secondary N) is 2. The lowest BCUT2D eigenvalue weighted by Crippen LogP contribution is -2.41. The Morgan fingerprint density at radius 3 is 1.96 bits per heavy atom. The molecule has 15 nitrogen and oxygen atoms in total. The van der Waals surface area contributed by atoms with Crippen LogP contribution in [0.1, 0.15) is 51.3 Å². The quantitative estimate of drug-likeness (QED) is 0.0504. The number of hydrogen-bond acceptors (Lipinski definition) is 13. The highest BCUT2D eigenvalue weighted by atomic mass is 19.4. The first-order chi connectivity index (χ1) is 33.5. The molecule has 0 saturated carbocycles. The second-order valence-corrected chi connectivity index (χ2v) is 16.2. The third kappa shape index (κ3) is 20.1. The van der Waals surface area contributed by atoms with E-state index in [0.717, 1.165) is 82.4 Å². The molecule has 2 heterocycles. The van der Waals surface area contributed by atoms with Gasteiger partial charge in [0.05, 0.1) is 109 Å². The van der Waals surface area contributed by atoms with Gasteiger partial charge in [-0.1, -0.05) is 24.3 Å². The monoisotopic (exact) mass is 967 g/mol. The molecule has 378 valence electrons. The molecule has 3 aromatic carbocycles. The number of hydrogen-bond donors (Lipinski definition) is 2. The molecule has 1 aliphatic heterocycles. The summed E-state index contributed by atoms with van der Waals surface area (Å²) in [7, 11) is 2.12. The van der Waals surface area contributed by atoms with Crippen LogP contribution in [-0.4, -0.2) is 165 Å². The Labute approximate surface area is 404 Å². The van der Waals surface area contributed by atoms with E-state index in [0.29, 0.717) is 101 Å².